The number of H-pyrrole nitrogens is 1. The molecule has 14 nitrogen and oxygen atoms in total. The highest BCUT2D eigenvalue weighted by atomic mass is 16.6. The van der Waals surface area contributed by atoms with E-state index in [-0.39, 0.29) is 17.5 Å². The summed E-state index contributed by atoms with van der Waals surface area (Å²) in [5, 5.41) is 42.0. The van der Waals surface area contributed by atoms with E-state index in [1.54, 1.807) is 59.5 Å². The Hall–Kier alpha value is -5.50. The number of tetrazole rings is 1. The number of amides is 3. The normalized spacial score (nSPS) is 12.2. The minimum absolute atomic E-state index is 0.00404. The molecule has 0 radical (unpaired) electrons. The Kier molecular flexibility index (Phi) is 11.0. The second-order valence-electron chi connectivity index (χ2n) is 10.3. The van der Waals surface area contributed by atoms with Crippen LogP contribution in [0.1, 0.15) is 53.0 Å². The highest BCUT2D eigenvalue weighted by Crippen LogP contribution is 2.21. The number of aliphatic hydroxyl groups excluding tert-OH is 1. The van der Waals surface area contributed by atoms with Crippen LogP contribution in [0.3, 0.4) is 0 Å². The fraction of sp³-hybridized carbons (Fsp3) is 0.290. The van der Waals surface area contributed by atoms with Crippen LogP contribution >= 0.6 is 0 Å². The minimum atomic E-state index is -1.73. The van der Waals surface area contributed by atoms with Crippen LogP contribution in [0.2, 0.25) is 0 Å². The number of aliphatic hydroxyl groups is 1. The first-order chi connectivity index (χ1) is 21.7. The third-order valence-corrected chi connectivity index (χ3v) is 6.91. The van der Waals surface area contributed by atoms with E-state index in [0.717, 1.165) is 17.7 Å². The molecule has 45 heavy (non-hydrogen) atoms. The number of nitrogens with one attached hydrogen (secondary N) is 3. The maximum absolute atomic E-state index is 13.6. The van der Waals surface area contributed by atoms with Gasteiger partial charge in [0.2, 0.25) is 5.82 Å². The highest BCUT2D eigenvalue weighted by molar-refractivity contribution is 6.01. The zero-order valence-electron chi connectivity index (χ0n) is 24.8. The molecule has 0 saturated carbocycles. The summed E-state index contributed by atoms with van der Waals surface area (Å²) in [6, 6.07) is 17.9. The molecule has 234 valence electrons. The van der Waals surface area contributed by atoms with Crippen molar-refractivity contribution in [3.63, 3.8) is 0 Å². The SMILES string of the molecule is CCCN(CCC)C(=O)c1cc(C(=O)N[C@@H](Cc2ccccc2)[C@H](O)C(=O)Nc2cccc(-c3nn[nH]n3)c2)cc([N+](=O)[O-])c1. The number of nitro groups is 1. The largest absolute Gasteiger partial charge is 0.381 e. The van der Waals surface area contributed by atoms with Gasteiger partial charge in [0.15, 0.2) is 6.10 Å². The molecule has 1 aromatic heterocycles. The van der Waals surface area contributed by atoms with Crippen LogP contribution in [-0.4, -0.2) is 78.5 Å². The van der Waals surface area contributed by atoms with E-state index < -0.39 is 40.5 Å². The van der Waals surface area contributed by atoms with Crippen molar-refractivity contribution in [2.45, 2.75) is 45.3 Å². The summed E-state index contributed by atoms with van der Waals surface area (Å²) in [5.74, 6) is -1.72. The van der Waals surface area contributed by atoms with Crippen molar-refractivity contribution in [1.29, 1.82) is 0 Å². The highest BCUT2D eigenvalue weighted by Gasteiger charge is 2.30. The quantitative estimate of drug-likeness (QED) is 0.122. The number of carbonyl (C=O) groups is 3. The van der Waals surface area contributed by atoms with Crippen molar-refractivity contribution in [2.24, 2.45) is 0 Å². The Morgan fingerprint density at radius 3 is 2.33 bits per heavy atom. The molecule has 3 aromatic carbocycles. The molecular weight excluding hydrogens is 580 g/mol. The van der Waals surface area contributed by atoms with E-state index in [2.05, 4.69) is 31.3 Å². The van der Waals surface area contributed by atoms with E-state index >= 15 is 0 Å². The molecule has 4 aromatic rings. The number of hydrogen-bond acceptors (Lipinski definition) is 9. The molecule has 0 saturated heterocycles. The molecule has 0 bridgehead atoms. The van der Waals surface area contributed by atoms with Crippen LogP contribution in [0.15, 0.2) is 72.8 Å². The van der Waals surface area contributed by atoms with Gasteiger partial charge in [0.05, 0.1) is 11.0 Å². The summed E-state index contributed by atoms with van der Waals surface area (Å²) in [4.78, 5) is 52.7. The lowest BCUT2D eigenvalue weighted by molar-refractivity contribution is -0.384. The number of anilines is 1. The van der Waals surface area contributed by atoms with Crippen LogP contribution in [-0.2, 0) is 11.2 Å². The monoisotopic (exact) mass is 614 g/mol. The van der Waals surface area contributed by atoms with Gasteiger partial charge in [-0.15, -0.1) is 10.2 Å². The lowest BCUT2D eigenvalue weighted by atomic mass is 9.99. The van der Waals surface area contributed by atoms with Crippen molar-refractivity contribution in [2.75, 3.05) is 18.4 Å². The smallest absolute Gasteiger partial charge is 0.271 e. The first kappa shape index (κ1) is 32.4. The average Bonchev–Trinajstić information content (AvgIpc) is 3.59. The van der Waals surface area contributed by atoms with E-state index in [0.29, 0.717) is 43.0 Å². The van der Waals surface area contributed by atoms with Crippen LogP contribution in [0.4, 0.5) is 11.4 Å². The van der Waals surface area contributed by atoms with Gasteiger partial charge in [-0.3, -0.25) is 24.5 Å². The number of carbonyl (C=O) groups excluding carboxylic acids is 3. The van der Waals surface area contributed by atoms with Crippen molar-refractivity contribution < 1.29 is 24.4 Å². The Bertz CT molecular complexity index is 1620. The number of rotatable bonds is 14. The Labute approximate surface area is 259 Å². The Balaban J connectivity index is 1.60. The molecule has 0 fully saturated rings. The van der Waals surface area contributed by atoms with E-state index in [1.807, 2.05) is 13.8 Å². The lowest BCUT2D eigenvalue weighted by Gasteiger charge is -2.24. The van der Waals surface area contributed by atoms with Gasteiger partial charge in [-0.25, -0.2) is 0 Å². The molecule has 4 N–H and O–H groups in total. The average molecular weight is 615 g/mol. The fourth-order valence-corrected chi connectivity index (χ4v) is 4.79. The fourth-order valence-electron chi connectivity index (χ4n) is 4.79. The molecule has 1 heterocycles. The van der Waals surface area contributed by atoms with Gasteiger partial charge >= 0.3 is 0 Å². The van der Waals surface area contributed by atoms with Gasteiger partial charge in [-0.1, -0.05) is 56.3 Å². The molecule has 3 amide bonds. The van der Waals surface area contributed by atoms with E-state index in [4.69, 9.17) is 0 Å². The Morgan fingerprint density at radius 1 is 0.978 bits per heavy atom. The topological polar surface area (TPSA) is 196 Å². The van der Waals surface area contributed by atoms with Crippen molar-refractivity contribution in [3.05, 3.63) is 99.6 Å². The van der Waals surface area contributed by atoms with Crippen LogP contribution in [0, 0.1) is 10.1 Å². The third-order valence-electron chi connectivity index (χ3n) is 6.91. The van der Waals surface area contributed by atoms with E-state index in [9.17, 15) is 29.6 Å². The second kappa shape index (κ2) is 15.3. The molecule has 0 spiro atoms. The number of nitrogens with zero attached hydrogens (tertiary/aromatic N) is 5. The van der Waals surface area contributed by atoms with Crippen molar-refractivity contribution in [3.8, 4) is 11.4 Å². The van der Waals surface area contributed by atoms with Crippen LogP contribution < -0.4 is 10.6 Å². The number of hydrogen-bond donors (Lipinski definition) is 4. The number of benzene rings is 3. The summed E-state index contributed by atoms with van der Waals surface area (Å²) in [7, 11) is 0. The summed E-state index contributed by atoms with van der Waals surface area (Å²) in [6.45, 7) is 4.74. The van der Waals surface area contributed by atoms with Crippen molar-refractivity contribution in [1.82, 2.24) is 30.8 Å². The molecular formula is C31H34N8O6. The van der Waals surface area contributed by atoms with Gasteiger partial charge in [-0.2, -0.15) is 5.21 Å². The van der Waals surface area contributed by atoms with Gasteiger partial charge < -0.3 is 20.6 Å². The van der Waals surface area contributed by atoms with Gasteiger partial charge in [-0.05, 0) is 48.2 Å². The standard InChI is InChI=1S/C31H34N8O6/c1-3-13-38(14-4-2)31(43)23-16-22(18-25(19-23)39(44)45)29(41)33-26(15-20-9-6-5-7-10-20)27(40)30(42)32-24-12-8-11-21(17-24)28-34-36-37-35-28/h5-12,16-19,26-27,40H,3-4,13-15H2,1-2H3,(H,32,42)(H,33,41)(H,34,35,36,37)/t26-,27-/m0/s1. The molecule has 0 unspecified atom stereocenters. The molecule has 14 heteroatoms. The van der Waals surface area contributed by atoms with Gasteiger partial charge in [0.25, 0.3) is 23.4 Å². The second-order valence-corrected chi connectivity index (χ2v) is 10.3. The summed E-state index contributed by atoms with van der Waals surface area (Å²) in [5.41, 5.74) is 1.04. The van der Waals surface area contributed by atoms with Gasteiger partial charge in [0, 0.05) is 47.6 Å². The summed E-state index contributed by atoms with van der Waals surface area (Å²) in [6.07, 6.45) is -0.286. The van der Waals surface area contributed by atoms with Crippen molar-refractivity contribution >= 4 is 29.1 Å². The predicted octanol–water partition coefficient (Wildman–Crippen LogP) is 3.38. The maximum atomic E-state index is 13.6. The first-order valence-electron chi connectivity index (χ1n) is 14.5. The summed E-state index contributed by atoms with van der Waals surface area (Å²) < 4.78 is 0. The number of aromatic nitrogens is 4. The zero-order valence-corrected chi connectivity index (χ0v) is 24.8. The third kappa shape index (κ3) is 8.54. The van der Waals surface area contributed by atoms with Crippen LogP contribution in [0.5, 0.6) is 0 Å². The lowest BCUT2D eigenvalue weighted by Crippen LogP contribution is -2.50. The maximum Gasteiger partial charge on any atom is 0.271 e. The van der Waals surface area contributed by atoms with Gasteiger partial charge in [0.1, 0.15) is 0 Å². The molecule has 0 aliphatic carbocycles. The van der Waals surface area contributed by atoms with E-state index in [1.165, 1.54) is 6.07 Å². The molecule has 0 aliphatic heterocycles. The molecule has 0 aliphatic rings. The summed E-state index contributed by atoms with van der Waals surface area (Å²) >= 11 is 0. The number of aromatic amines is 1. The number of nitro benzene ring substituents is 1. The molecule has 2 atom stereocenters. The Morgan fingerprint density at radius 2 is 1.69 bits per heavy atom. The number of non-ortho nitro benzene ring substituents is 1. The predicted molar refractivity (Wildman–Crippen MR) is 165 cm³/mol. The first-order valence-corrected chi connectivity index (χ1v) is 14.5. The minimum Gasteiger partial charge on any atom is -0.381 e. The van der Waals surface area contributed by atoms with Crippen LogP contribution in [0.25, 0.3) is 11.4 Å². The zero-order chi connectivity index (χ0) is 32.3. The molecule has 4 rings (SSSR count).